The van der Waals surface area contributed by atoms with Crippen molar-refractivity contribution < 1.29 is 33.1 Å². The van der Waals surface area contributed by atoms with Crippen LogP contribution in [-0.2, 0) is 6.18 Å². The summed E-state index contributed by atoms with van der Waals surface area (Å²) in [6.07, 6.45) is -1.21. The molecule has 1 atom stereocenters. The first kappa shape index (κ1) is 25.6. The number of anilines is 1. The number of urea groups is 1. The van der Waals surface area contributed by atoms with E-state index in [0.29, 0.717) is 30.4 Å². The van der Waals surface area contributed by atoms with Gasteiger partial charge in [0.1, 0.15) is 12.3 Å². The van der Waals surface area contributed by atoms with Gasteiger partial charge in [-0.1, -0.05) is 12.1 Å². The van der Waals surface area contributed by atoms with Crippen molar-refractivity contribution in [2.75, 3.05) is 18.5 Å². The maximum Gasteiger partial charge on any atom is 0.416 e. The summed E-state index contributed by atoms with van der Waals surface area (Å²) < 4.78 is 39.4. The van der Waals surface area contributed by atoms with Crippen LogP contribution in [0.5, 0.6) is 0 Å². The van der Waals surface area contributed by atoms with Gasteiger partial charge in [0.25, 0.3) is 0 Å². The molecule has 0 saturated heterocycles. The molecule has 2 amide bonds. The molecule has 192 valence electrons. The molecular weight excluding hydrogens is 475 g/mol. The molecule has 36 heavy (non-hydrogen) atoms. The highest BCUT2D eigenvalue weighted by Gasteiger charge is 2.39. The predicted octanol–water partition coefficient (Wildman–Crippen LogP) is 2.45. The van der Waals surface area contributed by atoms with Crippen LogP contribution in [0.2, 0.25) is 0 Å². The number of guanidine groups is 1. The number of carbonyl (C=O) groups excluding carboxylic acids is 1. The molecule has 1 unspecified atom stereocenters. The number of alkyl halides is 3. The van der Waals surface area contributed by atoms with Gasteiger partial charge in [0.05, 0.1) is 11.6 Å². The van der Waals surface area contributed by atoms with E-state index in [0.717, 1.165) is 48.4 Å². The minimum Gasteiger partial charge on any atom is -0.858 e. The van der Waals surface area contributed by atoms with Gasteiger partial charge >= 0.3 is 18.2 Å². The van der Waals surface area contributed by atoms with Crippen LogP contribution in [-0.4, -0.2) is 42.2 Å². The Balaban J connectivity index is 1.67. The number of fused-ring (bicyclic) bond motifs is 1. The third kappa shape index (κ3) is 5.68. The lowest BCUT2D eigenvalue weighted by Gasteiger charge is -2.30. The predicted molar refractivity (Wildman–Crippen MR) is 129 cm³/mol. The molecule has 0 radical (unpaired) electrons. The van der Waals surface area contributed by atoms with Gasteiger partial charge in [-0.05, 0) is 49.6 Å². The van der Waals surface area contributed by atoms with Crippen molar-refractivity contribution in [3.05, 3.63) is 53.6 Å². The summed E-state index contributed by atoms with van der Waals surface area (Å²) in [4.78, 5) is 21.4. The molecule has 2 aromatic carbocycles. The molecule has 0 bridgehead atoms. The highest BCUT2D eigenvalue weighted by molar-refractivity contribution is 6.00. The number of hydrogen-bond donors (Lipinski definition) is 3. The summed E-state index contributed by atoms with van der Waals surface area (Å²) in [7, 11) is 0. The molecule has 1 saturated carbocycles. The van der Waals surface area contributed by atoms with E-state index in [1.807, 2.05) is 6.07 Å². The summed E-state index contributed by atoms with van der Waals surface area (Å²) in [6, 6.07) is 9.15. The fourth-order valence-electron chi connectivity index (χ4n) is 4.69. The average molecular weight is 505 g/mol. The summed E-state index contributed by atoms with van der Waals surface area (Å²) in [6.45, 7) is 2.64. The van der Waals surface area contributed by atoms with Crippen LogP contribution >= 0.6 is 0 Å². The Bertz CT molecular complexity index is 1170. The van der Waals surface area contributed by atoms with Gasteiger partial charge < -0.3 is 20.8 Å². The van der Waals surface area contributed by atoms with Crippen molar-refractivity contribution >= 4 is 35.0 Å². The summed E-state index contributed by atoms with van der Waals surface area (Å²) in [5, 5.41) is 26.0. The second kappa shape index (κ2) is 10.7. The Labute approximate surface area is 206 Å². The summed E-state index contributed by atoms with van der Waals surface area (Å²) >= 11 is 0. The topological polar surface area (TPSA) is 116 Å². The van der Waals surface area contributed by atoms with Gasteiger partial charge in [-0.3, -0.25) is 0 Å². The van der Waals surface area contributed by atoms with Crippen molar-refractivity contribution in [2.24, 2.45) is 15.9 Å². The number of carbonyl (C=O) groups is 1. The maximum absolute atomic E-state index is 13.1. The van der Waals surface area contributed by atoms with Gasteiger partial charge in [-0.2, -0.15) is 23.2 Å². The highest BCUT2D eigenvalue weighted by atomic mass is 19.4. The summed E-state index contributed by atoms with van der Waals surface area (Å²) in [5.41, 5.74) is 0.767. The molecular formula is C25H29F3N5O3+. The Morgan fingerprint density at radius 2 is 1.94 bits per heavy atom. The Morgan fingerprint density at radius 1 is 1.19 bits per heavy atom. The zero-order chi connectivity index (χ0) is 25.9. The number of aliphatic imine (C=N–C) groups is 2. The van der Waals surface area contributed by atoms with E-state index >= 15 is 0 Å². The zero-order valence-electron chi connectivity index (χ0n) is 19.8. The SMILES string of the molecule is CCNC(=O)Nc1ccc2c(c1)N=C(N=C([O-])c1cccc(C(F)(F)F)c1)[NH+]2C1CCC(C[OH2+])CC1. The third-order valence-electron chi connectivity index (χ3n) is 6.54. The monoisotopic (exact) mass is 504 g/mol. The van der Waals surface area contributed by atoms with E-state index in [1.54, 1.807) is 19.1 Å². The van der Waals surface area contributed by atoms with Gasteiger partial charge in [0.15, 0.2) is 5.69 Å². The number of amides is 2. The second-order valence-electron chi connectivity index (χ2n) is 8.98. The van der Waals surface area contributed by atoms with Crippen LogP contribution in [0.4, 0.5) is 35.0 Å². The van der Waals surface area contributed by atoms with E-state index in [1.165, 1.54) is 12.1 Å². The number of rotatable bonds is 5. The van der Waals surface area contributed by atoms with E-state index in [9.17, 15) is 23.1 Å². The van der Waals surface area contributed by atoms with Crippen molar-refractivity contribution in [3.8, 4) is 0 Å². The Morgan fingerprint density at radius 3 is 2.61 bits per heavy atom. The molecule has 1 aliphatic carbocycles. The van der Waals surface area contributed by atoms with E-state index in [4.69, 9.17) is 5.11 Å². The van der Waals surface area contributed by atoms with E-state index in [-0.39, 0.29) is 23.6 Å². The van der Waals surface area contributed by atoms with Gasteiger partial charge in [0, 0.05) is 43.0 Å². The quantitative estimate of drug-likeness (QED) is 0.330. The van der Waals surface area contributed by atoms with Gasteiger partial charge in [0.2, 0.25) is 0 Å². The fourth-order valence-corrected chi connectivity index (χ4v) is 4.69. The van der Waals surface area contributed by atoms with Crippen LogP contribution in [0.15, 0.2) is 52.4 Å². The molecule has 5 N–H and O–H groups in total. The number of nitrogens with one attached hydrogen (secondary N) is 3. The first-order chi connectivity index (χ1) is 17.2. The molecule has 2 aliphatic rings. The van der Waals surface area contributed by atoms with Crippen LogP contribution in [0.1, 0.15) is 43.7 Å². The van der Waals surface area contributed by atoms with Crippen molar-refractivity contribution in [1.29, 1.82) is 0 Å². The first-order valence-corrected chi connectivity index (χ1v) is 11.9. The zero-order valence-corrected chi connectivity index (χ0v) is 19.8. The lowest BCUT2D eigenvalue weighted by molar-refractivity contribution is -0.764. The highest BCUT2D eigenvalue weighted by Crippen LogP contribution is 2.33. The van der Waals surface area contributed by atoms with Crippen LogP contribution < -0.4 is 20.6 Å². The number of nitrogens with zero attached hydrogens (tertiary/aromatic N) is 2. The molecule has 4 rings (SSSR count). The molecule has 0 spiro atoms. The fraction of sp³-hybridized carbons (Fsp3) is 0.400. The third-order valence-corrected chi connectivity index (χ3v) is 6.54. The molecule has 2 aromatic rings. The maximum atomic E-state index is 13.1. The smallest absolute Gasteiger partial charge is 0.416 e. The van der Waals surface area contributed by atoms with Crippen LogP contribution in [0.3, 0.4) is 0 Å². The number of quaternary nitrogens is 1. The van der Waals surface area contributed by atoms with Crippen LogP contribution in [0, 0.1) is 5.92 Å². The van der Waals surface area contributed by atoms with Crippen molar-refractivity contribution in [1.82, 2.24) is 5.32 Å². The van der Waals surface area contributed by atoms with Crippen molar-refractivity contribution in [2.45, 2.75) is 44.8 Å². The minimum absolute atomic E-state index is 0.0630. The van der Waals surface area contributed by atoms with Crippen LogP contribution in [0.25, 0.3) is 0 Å². The molecule has 1 aliphatic heterocycles. The lowest BCUT2D eigenvalue weighted by Crippen LogP contribution is -3.13. The largest absolute Gasteiger partial charge is 0.858 e. The molecule has 1 heterocycles. The van der Waals surface area contributed by atoms with Gasteiger partial charge in [-0.15, -0.1) is 0 Å². The number of benzene rings is 2. The molecule has 0 aromatic heterocycles. The normalized spacial score (nSPS) is 22.1. The molecule has 11 heteroatoms. The second-order valence-corrected chi connectivity index (χ2v) is 8.98. The Kier molecular flexibility index (Phi) is 7.60. The van der Waals surface area contributed by atoms with E-state index < -0.39 is 17.6 Å². The standard InChI is InChI=1S/C25H28F3N5O3/c1-2-29-24(36)30-18-8-11-21-20(13-18)31-23(33(21)19-9-6-15(14-34)7-10-19)32-22(35)16-4-3-5-17(12-16)25(26,27)28/h3-5,8,11-13,15,19,34H,2,6-7,9-10,14H2,1H3,(H2,29,30,36)(H,31,32,35)/p+1. The minimum atomic E-state index is -4.57. The molecule has 8 nitrogen and oxygen atoms in total. The van der Waals surface area contributed by atoms with E-state index in [2.05, 4.69) is 20.6 Å². The molecule has 1 fully saturated rings. The Hall–Kier alpha value is -3.44. The van der Waals surface area contributed by atoms with Crippen molar-refractivity contribution in [3.63, 3.8) is 0 Å². The lowest BCUT2D eigenvalue weighted by atomic mass is 9.86. The van der Waals surface area contributed by atoms with Gasteiger partial charge in [-0.25, -0.2) is 9.69 Å². The average Bonchev–Trinajstić information content (AvgIpc) is 3.20. The number of hydrogen-bond acceptors (Lipinski definition) is 4. The summed E-state index contributed by atoms with van der Waals surface area (Å²) in [5.74, 6) is -0.280. The number of halogens is 3. The first-order valence-electron chi connectivity index (χ1n) is 11.9.